The summed E-state index contributed by atoms with van der Waals surface area (Å²) < 4.78 is 36.6. The Morgan fingerprint density at radius 1 is 1.06 bits per heavy atom. The fourth-order valence-corrected chi connectivity index (χ4v) is 4.12. The normalized spacial score (nSPS) is 11.2. The van der Waals surface area contributed by atoms with Gasteiger partial charge in [-0.2, -0.15) is 0 Å². The second-order valence-corrected chi connectivity index (χ2v) is 9.10. The molecule has 3 aromatic rings. The Labute approximate surface area is 186 Å². The van der Waals surface area contributed by atoms with Crippen molar-refractivity contribution in [1.29, 1.82) is 0 Å². The summed E-state index contributed by atoms with van der Waals surface area (Å²) in [4.78, 5) is 12.4. The van der Waals surface area contributed by atoms with E-state index in [9.17, 15) is 13.2 Å². The number of nitrogens with one attached hydrogen (secondary N) is 1. The zero-order valence-electron chi connectivity index (χ0n) is 17.2. The van der Waals surface area contributed by atoms with Crippen molar-refractivity contribution in [1.82, 2.24) is 5.32 Å². The molecule has 0 saturated carbocycles. The summed E-state index contributed by atoms with van der Waals surface area (Å²) in [6, 6.07) is 18.2. The number of ether oxygens (including phenoxy) is 2. The zero-order valence-corrected chi connectivity index (χ0v) is 18.7. The first-order valence-corrected chi connectivity index (χ1v) is 11.7. The standard InChI is InChI=1S/C22H23ClN2O5S/c1-29-21-11-10-17(23)14-19(21)25(31(2,27)28)15-22(26)24-12-13-30-20-9-5-7-16-6-3-4-8-18(16)20/h3-11,14H,12-13,15H2,1-2H3,(H,24,26). The third kappa shape index (κ3) is 5.80. The van der Waals surface area contributed by atoms with Gasteiger partial charge in [0.1, 0.15) is 24.7 Å². The molecule has 3 aromatic carbocycles. The van der Waals surface area contributed by atoms with E-state index in [0.717, 1.165) is 21.3 Å². The predicted octanol–water partition coefficient (Wildman–Crippen LogP) is 3.46. The SMILES string of the molecule is COc1ccc(Cl)cc1N(CC(=O)NCCOc1cccc2ccccc12)S(C)(=O)=O. The minimum Gasteiger partial charge on any atom is -0.495 e. The molecule has 31 heavy (non-hydrogen) atoms. The Hall–Kier alpha value is -2.97. The van der Waals surface area contributed by atoms with Gasteiger partial charge in [0.25, 0.3) is 0 Å². The predicted molar refractivity (Wildman–Crippen MR) is 123 cm³/mol. The van der Waals surface area contributed by atoms with Gasteiger partial charge in [-0.15, -0.1) is 0 Å². The average molecular weight is 463 g/mol. The van der Waals surface area contributed by atoms with E-state index in [-0.39, 0.29) is 18.8 Å². The van der Waals surface area contributed by atoms with Gasteiger partial charge in [0.2, 0.25) is 15.9 Å². The lowest BCUT2D eigenvalue weighted by molar-refractivity contribution is -0.119. The number of amides is 1. The molecule has 0 spiro atoms. The quantitative estimate of drug-likeness (QED) is 0.492. The number of nitrogens with zero attached hydrogens (tertiary/aromatic N) is 1. The first-order chi connectivity index (χ1) is 14.8. The molecule has 0 unspecified atom stereocenters. The van der Waals surface area contributed by atoms with E-state index < -0.39 is 22.5 Å². The Balaban J connectivity index is 1.62. The van der Waals surface area contributed by atoms with Crippen LogP contribution in [0, 0.1) is 0 Å². The summed E-state index contributed by atoms with van der Waals surface area (Å²) in [5.41, 5.74) is 0.194. The third-order valence-electron chi connectivity index (χ3n) is 4.53. The molecule has 9 heteroatoms. The fraction of sp³-hybridized carbons (Fsp3) is 0.227. The Morgan fingerprint density at radius 3 is 2.55 bits per heavy atom. The molecule has 1 amide bonds. The number of anilines is 1. The van der Waals surface area contributed by atoms with E-state index in [0.29, 0.717) is 16.5 Å². The minimum absolute atomic E-state index is 0.194. The maximum atomic E-state index is 12.4. The number of carbonyl (C=O) groups excluding carboxylic acids is 1. The number of sulfonamides is 1. The van der Waals surface area contributed by atoms with Crippen LogP contribution in [0.5, 0.6) is 11.5 Å². The Morgan fingerprint density at radius 2 is 1.81 bits per heavy atom. The lowest BCUT2D eigenvalue weighted by atomic mass is 10.1. The fourth-order valence-electron chi connectivity index (χ4n) is 3.10. The molecule has 3 rings (SSSR count). The molecule has 0 aliphatic rings. The highest BCUT2D eigenvalue weighted by molar-refractivity contribution is 7.92. The zero-order chi connectivity index (χ0) is 22.4. The van der Waals surface area contributed by atoms with E-state index in [4.69, 9.17) is 21.1 Å². The molecule has 0 heterocycles. The van der Waals surface area contributed by atoms with E-state index in [1.165, 1.54) is 13.2 Å². The number of hydrogen-bond acceptors (Lipinski definition) is 5. The minimum atomic E-state index is -3.76. The smallest absolute Gasteiger partial charge is 0.240 e. The van der Waals surface area contributed by atoms with Gasteiger partial charge < -0.3 is 14.8 Å². The van der Waals surface area contributed by atoms with Crippen LogP contribution in [0.2, 0.25) is 5.02 Å². The number of methoxy groups -OCH3 is 1. The first kappa shape index (κ1) is 22.7. The maximum Gasteiger partial charge on any atom is 0.240 e. The van der Waals surface area contributed by atoms with Crippen molar-refractivity contribution in [3.63, 3.8) is 0 Å². The lowest BCUT2D eigenvalue weighted by Gasteiger charge is -2.24. The summed E-state index contributed by atoms with van der Waals surface area (Å²) >= 11 is 6.01. The van der Waals surface area contributed by atoms with Gasteiger partial charge >= 0.3 is 0 Å². The molecule has 1 N–H and O–H groups in total. The van der Waals surface area contributed by atoms with Gasteiger partial charge in [0.05, 0.1) is 25.6 Å². The van der Waals surface area contributed by atoms with E-state index in [1.807, 2.05) is 42.5 Å². The highest BCUT2D eigenvalue weighted by atomic mass is 35.5. The number of hydrogen-bond donors (Lipinski definition) is 1. The number of fused-ring (bicyclic) bond motifs is 1. The van der Waals surface area contributed by atoms with Crippen LogP contribution in [0.15, 0.2) is 60.7 Å². The van der Waals surface area contributed by atoms with Crippen molar-refractivity contribution in [3.05, 3.63) is 65.7 Å². The molecular formula is C22H23ClN2O5S. The molecular weight excluding hydrogens is 440 g/mol. The molecule has 0 atom stereocenters. The van der Waals surface area contributed by atoms with Gasteiger partial charge in [-0.25, -0.2) is 8.42 Å². The van der Waals surface area contributed by atoms with E-state index in [2.05, 4.69) is 5.32 Å². The topological polar surface area (TPSA) is 84.9 Å². The molecule has 164 valence electrons. The largest absolute Gasteiger partial charge is 0.495 e. The molecule has 0 saturated heterocycles. The maximum absolute atomic E-state index is 12.4. The molecule has 0 radical (unpaired) electrons. The van der Waals surface area contributed by atoms with Gasteiger partial charge in [-0.1, -0.05) is 48.0 Å². The van der Waals surface area contributed by atoms with Crippen molar-refractivity contribution in [2.45, 2.75) is 0 Å². The van der Waals surface area contributed by atoms with Gasteiger partial charge in [-0.3, -0.25) is 9.10 Å². The van der Waals surface area contributed by atoms with Gasteiger partial charge in [0, 0.05) is 10.4 Å². The first-order valence-electron chi connectivity index (χ1n) is 9.48. The van der Waals surface area contributed by atoms with Crippen LogP contribution in [0.1, 0.15) is 0 Å². The van der Waals surface area contributed by atoms with E-state index >= 15 is 0 Å². The van der Waals surface area contributed by atoms with Gasteiger partial charge in [-0.05, 0) is 29.7 Å². The van der Waals surface area contributed by atoms with Crippen LogP contribution in [0.4, 0.5) is 5.69 Å². The highest BCUT2D eigenvalue weighted by Gasteiger charge is 2.24. The summed E-state index contributed by atoms with van der Waals surface area (Å²) in [5.74, 6) is 0.532. The van der Waals surface area contributed by atoms with Crippen LogP contribution in [-0.2, 0) is 14.8 Å². The second kappa shape index (κ2) is 9.89. The van der Waals surface area contributed by atoms with Crippen molar-refractivity contribution in [2.75, 3.05) is 37.4 Å². The second-order valence-electron chi connectivity index (χ2n) is 6.76. The van der Waals surface area contributed by atoms with Crippen molar-refractivity contribution in [2.24, 2.45) is 0 Å². The molecule has 0 aromatic heterocycles. The number of benzene rings is 3. The van der Waals surface area contributed by atoms with Crippen LogP contribution in [-0.4, -0.2) is 47.4 Å². The summed E-state index contributed by atoms with van der Waals surface area (Å²) in [6.45, 7) is 0.0370. The third-order valence-corrected chi connectivity index (χ3v) is 5.89. The molecule has 0 aliphatic heterocycles. The number of halogens is 1. The molecule has 0 bridgehead atoms. The highest BCUT2D eigenvalue weighted by Crippen LogP contribution is 2.32. The van der Waals surface area contributed by atoms with Crippen LogP contribution < -0.4 is 19.1 Å². The Bertz CT molecular complexity index is 1180. The molecule has 0 aliphatic carbocycles. The lowest BCUT2D eigenvalue weighted by Crippen LogP contribution is -2.41. The van der Waals surface area contributed by atoms with Crippen molar-refractivity contribution in [3.8, 4) is 11.5 Å². The Kier molecular flexibility index (Phi) is 7.25. The van der Waals surface area contributed by atoms with E-state index in [1.54, 1.807) is 12.1 Å². The van der Waals surface area contributed by atoms with Crippen molar-refractivity contribution < 1.29 is 22.7 Å². The molecule has 7 nitrogen and oxygen atoms in total. The number of carbonyl (C=O) groups is 1. The summed E-state index contributed by atoms with van der Waals surface area (Å²) in [6.07, 6.45) is 1.02. The van der Waals surface area contributed by atoms with Crippen LogP contribution in [0.3, 0.4) is 0 Å². The average Bonchev–Trinajstić information content (AvgIpc) is 2.74. The van der Waals surface area contributed by atoms with Crippen LogP contribution in [0.25, 0.3) is 10.8 Å². The summed E-state index contributed by atoms with van der Waals surface area (Å²) in [7, 11) is -2.34. The van der Waals surface area contributed by atoms with Gasteiger partial charge in [0.15, 0.2) is 0 Å². The number of rotatable bonds is 9. The molecule has 0 fully saturated rings. The monoisotopic (exact) mass is 462 g/mol. The summed E-state index contributed by atoms with van der Waals surface area (Å²) in [5, 5.41) is 5.05. The van der Waals surface area contributed by atoms with Crippen LogP contribution >= 0.6 is 11.6 Å². The van der Waals surface area contributed by atoms with Crippen molar-refractivity contribution >= 4 is 44.0 Å².